The molecular formula is C57H66N6. The van der Waals surface area contributed by atoms with Crippen LogP contribution >= 0.6 is 0 Å². The number of para-hydroxylation sites is 1. The Morgan fingerprint density at radius 1 is 0.429 bits per heavy atom. The van der Waals surface area contributed by atoms with E-state index in [-0.39, 0.29) is 32.6 Å². The molecule has 2 unspecified atom stereocenters. The zero-order valence-corrected chi connectivity index (χ0v) is 40.2. The summed E-state index contributed by atoms with van der Waals surface area (Å²) in [7, 11) is 0. The van der Waals surface area contributed by atoms with Gasteiger partial charge >= 0.3 is 0 Å². The fraction of sp³-hybridized carbons (Fsp3) is 0.421. The van der Waals surface area contributed by atoms with Crippen molar-refractivity contribution in [2.45, 2.75) is 155 Å². The predicted octanol–water partition coefficient (Wildman–Crippen LogP) is 15.0. The van der Waals surface area contributed by atoms with E-state index in [4.69, 9.17) is 15.0 Å². The Morgan fingerprint density at radius 2 is 0.778 bits per heavy atom. The first-order valence-corrected chi connectivity index (χ1v) is 23.3. The Morgan fingerprint density at radius 3 is 1.16 bits per heavy atom. The molecule has 0 bridgehead atoms. The highest BCUT2D eigenvalue weighted by Crippen LogP contribution is 2.60. The van der Waals surface area contributed by atoms with Crippen LogP contribution in [-0.4, -0.2) is 29.6 Å². The lowest BCUT2D eigenvalue weighted by atomic mass is 9.61. The van der Waals surface area contributed by atoms with E-state index in [0.717, 1.165) is 34.9 Å². The molecule has 1 aliphatic heterocycles. The molecule has 4 heterocycles. The van der Waals surface area contributed by atoms with Crippen molar-refractivity contribution in [1.82, 2.24) is 24.1 Å². The molecule has 0 radical (unpaired) electrons. The molecule has 6 nitrogen and oxygen atoms in total. The maximum absolute atomic E-state index is 5.68. The minimum Gasteiger partial charge on any atom is -0.303 e. The Balaban J connectivity index is 1.34. The van der Waals surface area contributed by atoms with Gasteiger partial charge in [-0.25, -0.2) is 0 Å². The second-order valence-corrected chi connectivity index (χ2v) is 23.5. The minimum absolute atomic E-state index is 0.0146. The lowest BCUT2D eigenvalue weighted by molar-refractivity contribution is 0.193. The molecule has 1 fully saturated rings. The summed E-state index contributed by atoms with van der Waals surface area (Å²) in [5.41, 5.74) is 11.8. The number of rotatable bonds is 3. The topological polar surface area (TPSA) is 51.8 Å². The van der Waals surface area contributed by atoms with Crippen LogP contribution in [0.3, 0.4) is 0 Å². The molecular weight excluding hydrogens is 769 g/mol. The van der Waals surface area contributed by atoms with Crippen molar-refractivity contribution in [3.8, 4) is 11.9 Å². The highest BCUT2D eigenvalue weighted by atomic mass is 15.4. The minimum atomic E-state index is -0.237. The Bertz CT molecular complexity index is 2840. The quantitative estimate of drug-likeness (QED) is 0.178. The van der Waals surface area contributed by atoms with E-state index in [1.54, 1.807) is 0 Å². The van der Waals surface area contributed by atoms with Crippen LogP contribution in [0.1, 0.15) is 150 Å². The highest BCUT2D eigenvalue weighted by Gasteiger charge is 2.58. The SMILES string of the molecule is CC(C)(C)c1ccc2c(c1)c1cc(C(C)(C)C)ccc1n2-c1nc(N2c3ccccc3C3(C)CCCCC23C)nc(-n2c3ccc(C(C)(C)C)cc3c3cc(C(C)(C)C)ccc32)n1. The molecule has 0 amide bonds. The van der Waals surface area contributed by atoms with Gasteiger partial charge in [-0.15, -0.1) is 0 Å². The van der Waals surface area contributed by atoms with E-state index in [0.29, 0.717) is 17.8 Å². The summed E-state index contributed by atoms with van der Waals surface area (Å²) in [5, 5.41) is 4.86. The van der Waals surface area contributed by atoms with Gasteiger partial charge in [0.2, 0.25) is 17.8 Å². The molecule has 0 spiro atoms. The van der Waals surface area contributed by atoms with Crippen molar-refractivity contribution < 1.29 is 0 Å². The van der Waals surface area contributed by atoms with E-state index in [1.807, 2.05) is 0 Å². The fourth-order valence-corrected chi connectivity index (χ4v) is 11.0. The van der Waals surface area contributed by atoms with Crippen molar-refractivity contribution in [3.05, 3.63) is 125 Å². The first-order valence-electron chi connectivity index (χ1n) is 23.3. The van der Waals surface area contributed by atoms with Gasteiger partial charge in [0.05, 0.1) is 27.6 Å². The highest BCUT2D eigenvalue weighted by molar-refractivity contribution is 6.11. The van der Waals surface area contributed by atoms with Crippen LogP contribution in [0.4, 0.5) is 11.6 Å². The van der Waals surface area contributed by atoms with Crippen LogP contribution in [-0.2, 0) is 27.1 Å². The molecule has 1 aliphatic carbocycles. The Labute approximate surface area is 374 Å². The van der Waals surface area contributed by atoms with Gasteiger partial charge in [0.25, 0.3) is 0 Å². The van der Waals surface area contributed by atoms with Crippen LogP contribution in [0.15, 0.2) is 97.1 Å². The number of nitrogens with zero attached hydrogens (tertiary/aromatic N) is 6. The summed E-state index contributed by atoms with van der Waals surface area (Å²) in [6.07, 6.45) is 4.56. The average molecular weight is 835 g/mol. The smallest absolute Gasteiger partial charge is 0.241 e. The van der Waals surface area contributed by atoms with Crippen molar-refractivity contribution in [2.75, 3.05) is 4.90 Å². The van der Waals surface area contributed by atoms with Crippen LogP contribution in [0.25, 0.3) is 55.5 Å². The molecule has 2 aliphatic rings. The van der Waals surface area contributed by atoms with Gasteiger partial charge in [-0.1, -0.05) is 145 Å². The number of benzene rings is 5. The lowest BCUT2D eigenvalue weighted by Gasteiger charge is -2.49. The third-order valence-corrected chi connectivity index (χ3v) is 15.2. The molecule has 10 rings (SSSR count). The van der Waals surface area contributed by atoms with E-state index in [1.165, 1.54) is 67.9 Å². The number of hydrogen-bond donors (Lipinski definition) is 0. The van der Waals surface area contributed by atoms with Crippen LogP contribution in [0.5, 0.6) is 0 Å². The normalized spacial score (nSPS) is 19.7. The number of fused-ring (bicyclic) bond motifs is 9. The average Bonchev–Trinajstić information content (AvgIpc) is 3.79. The summed E-state index contributed by atoms with van der Waals surface area (Å²) < 4.78 is 4.62. The van der Waals surface area contributed by atoms with Crippen molar-refractivity contribution >= 4 is 55.2 Å². The van der Waals surface area contributed by atoms with Gasteiger partial charge in [0.15, 0.2) is 0 Å². The molecule has 0 N–H and O–H groups in total. The Hall–Kier alpha value is -5.49. The van der Waals surface area contributed by atoms with Crippen molar-refractivity contribution in [2.24, 2.45) is 0 Å². The molecule has 5 aromatic carbocycles. The van der Waals surface area contributed by atoms with Gasteiger partial charge in [-0.3, -0.25) is 9.13 Å². The van der Waals surface area contributed by atoms with Gasteiger partial charge in [-0.05, 0) is 124 Å². The summed E-state index contributed by atoms with van der Waals surface area (Å²) >= 11 is 0. The van der Waals surface area contributed by atoms with Crippen LogP contribution in [0, 0.1) is 0 Å². The van der Waals surface area contributed by atoms with E-state index in [2.05, 4.69) is 208 Å². The second-order valence-electron chi connectivity index (χ2n) is 23.5. The van der Waals surface area contributed by atoms with Crippen LogP contribution in [0.2, 0.25) is 0 Å². The molecule has 8 aromatic rings. The van der Waals surface area contributed by atoms with Gasteiger partial charge in [0, 0.05) is 32.6 Å². The lowest BCUT2D eigenvalue weighted by Crippen LogP contribution is -2.55. The molecule has 6 heteroatoms. The molecule has 0 saturated heterocycles. The molecule has 1 saturated carbocycles. The number of anilines is 2. The zero-order valence-electron chi connectivity index (χ0n) is 40.2. The van der Waals surface area contributed by atoms with Gasteiger partial charge in [0.1, 0.15) is 0 Å². The summed E-state index contributed by atoms with van der Waals surface area (Å²) in [5.74, 6) is 1.94. The maximum Gasteiger partial charge on any atom is 0.241 e. The Kier molecular flexibility index (Phi) is 8.91. The standard InChI is InChI=1S/C57H66N6/c1-52(2,3)35-21-25-44-39(31-35)40-32-36(53(4,5)6)22-26-45(40)61(44)49-58-50(60-51(59-49)63-48-20-16-15-19-43(48)56(13)29-17-18-30-57(56,63)14)62-46-27-23-37(54(7,8)9)33-41(46)42-34-38(55(10,11)12)24-28-47(42)62/h15-16,19-28,31-34H,17-18,29-30H2,1-14H3. The van der Waals surface area contributed by atoms with E-state index in [9.17, 15) is 0 Å². The summed E-state index contributed by atoms with van der Waals surface area (Å²) in [6.45, 7) is 32.5. The predicted molar refractivity (Wildman–Crippen MR) is 266 cm³/mol. The number of hydrogen-bond acceptors (Lipinski definition) is 4. The first-order chi connectivity index (χ1) is 29.5. The maximum atomic E-state index is 5.68. The van der Waals surface area contributed by atoms with Crippen molar-refractivity contribution in [3.63, 3.8) is 0 Å². The fourth-order valence-electron chi connectivity index (χ4n) is 11.0. The second kappa shape index (κ2) is 13.5. The first kappa shape index (κ1) is 41.5. The molecule has 324 valence electrons. The summed E-state index contributed by atoms with van der Waals surface area (Å²) in [4.78, 5) is 19.5. The molecule has 2 atom stereocenters. The van der Waals surface area contributed by atoms with E-state index >= 15 is 0 Å². The summed E-state index contributed by atoms with van der Waals surface area (Å²) in [6, 6.07) is 37.0. The monoisotopic (exact) mass is 835 g/mol. The third-order valence-electron chi connectivity index (χ3n) is 15.2. The molecule has 63 heavy (non-hydrogen) atoms. The number of aromatic nitrogens is 5. The molecule has 3 aromatic heterocycles. The van der Waals surface area contributed by atoms with Crippen molar-refractivity contribution in [1.29, 1.82) is 0 Å². The third kappa shape index (κ3) is 6.28. The van der Waals surface area contributed by atoms with E-state index < -0.39 is 0 Å². The largest absolute Gasteiger partial charge is 0.303 e. The van der Waals surface area contributed by atoms with Gasteiger partial charge in [-0.2, -0.15) is 15.0 Å². The zero-order chi connectivity index (χ0) is 44.8. The van der Waals surface area contributed by atoms with Crippen LogP contribution < -0.4 is 4.90 Å². The van der Waals surface area contributed by atoms with Gasteiger partial charge < -0.3 is 4.90 Å².